The molecule has 148 valence electrons. The zero-order chi connectivity index (χ0) is 20.5. The Balaban J connectivity index is 1.81. The highest BCUT2D eigenvalue weighted by molar-refractivity contribution is 6.30. The van der Waals surface area contributed by atoms with Crippen LogP contribution in [0.3, 0.4) is 0 Å². The molecule has 2 rings (SSSR count). The summed E-state index contributed by atoms with van der Waals surface area (Å²) in [5, 5.41) is 15.2. The van der Waals surface area contributed by atoms with Crippen LogP contribution in [0.1, 0.15) is 36.9 Å². The standard InChI is InChI=1S/C21H23ClN2O4/c1-14(16-5-3-2-4-6-16)23-19(25)11-12-20(26)24-18(21(27)28)13-15-7-9-17(22)10-8-15/h2-10,14,18H,11-13H2,1H3,(H,23,25)(H,24,26)(H,27,28)/t14-,18-/m1/s1. The molecule has 2 aromatic carbocycles. The number of hydrogen-bond acceptors (Lipinski definition) is 3. The Labute approximate surface area is 168 Å². The van der Waals surface area contributed by atoms with E-state index in [0.29, 0.717) is 5.02 Å². The molecule has 0 fully saturated rings. The van der Waals surface area contributed by atoms with E-state index in [1.54, 1.807) is 24.3 Å². The number of carboxylic acid groups (broad SMARTS) is 1. The predicted octanol–water partition coefficient (Wildman–Crippen LogP) is 3.11. The molecule has 0 radical (unpaired) electrons. The first-order chi connectivity index (χ1) is 13.3. The molecule has 7 heteroatoms. The largest absolute Gasteiger partial charge is 0.480 e. The van der Waals surface area contributed by atoms with Crippen molar-refractivity contribution in [1.29, 1.82) is 0 Å². The molecule has 0 aliphatic carbocycles. The Hall–Kier alpha value is -2.86. The van der Waals surface area contributed by atoms with Gasteiger partial charge in [0.25, 0.3) is 0 Å². The highest BCUT2D eigenvalue weighted by Gasteiger charge is 2.21. The van der Waals surface area contributed by atoms with E-state index in [1.807, 2.05) is 37.3 Å². The van der Waals surface area contributed by atoms with Gasteiger partial charge in [0.1, 0.15) is 6.04 Å². The highest BCUT2D eigenvalue weighted by atomic mass is 35.5. The minimum atomic E-state index is -1.13. The summed E-state index contributed by atoms with van der Waals surface area (Å²) in [6.07, 6.45) is 0.0313. The van der Waals surface area contributed by atoms with E-state index >= 15 is 0 Å². The van der Waals surface area contributed by atoms with E-state index in [2.05, 4.69) is 10.6 Å². The van der Waals surface area contributed by atoms with Crippen molar-refractivity contribution in [2.24, 2.45) is 0 Å². The summed E-state index contributed by atoms with van der Waals surface area (Å²) in [5.74, 6) is -1.88. The Kier molecular flexibility index (Phi) is 8.02. The molecular weight excluding hydrogens is 380 g/mol. The second kappa shape index (κ2) is 10.5. The van der Waals surface area contributed by atoms with E-state index in [9.17, 15) is 19.5 Å². The van der Waals surface area contributed by atoms with Crippen LogP contribution < -0.4 is 10.6 Å². The number of carbonyl (C=O) groups is 3. The molecule has 28 heavy (non-hydrogen) atoms. The van der Waals surface area contributed by atoms with Crippen LogP contribution in [-0.2, 0) is 20.8 Å². The monoisotopic (exact) mass is 402 g/mol. The molecule has 0 aromatic heterocycles. The van der Waals surface area contributed by atoms with E-state index in [1.165, 1.54) is 0 Å². The average molecular weight is 403 g/mol. The van der Waals surface area contributed by atoms with Gasteiger partial charge in [-0.1, -0.05) is 54.1 Å². The highest BCUT2D eigenvalue weighted by Crippen LogP contribution is 2.12. The number of hydrogen-bond donors (Lipinski definition) is 3. The van der Waals surface area contributed by atoms with Gasteiger partial charge in [0, 0.05) is 24.3 Å². The van der Waals surface area contributed by atoms with Gasteiger partial charge in [-0.25, -0.2) is 4.79 Å². The van der Waals surface area contributed by atoms with E-state index in [-0.39, 0.29) is 31.2 Å². The smallest absolute Gasteiger partial charge is 0.326 e. The first kappa shape index (κ1) is 21.4. The summed E-state index contributed by atoms with van der Waals surface area (Å²) in [6, 6.07) is 15.0. The molecule has 6 nitrogen and oxygen atoms in total. The quantitative estimate of drug-likeness (QED) is 0.600. The SMILES string of the molecule is C[C@@H](NC(=O)CCC(=O)N[C@H](Cc1ccc(Cl)cc1)C(=O)O)c1ccccc1. The zero-order valence-corrected chi connectivity index (χ0v) is 16.3. The van der Waals surface area contributed by atoms with Crippen LogP contribution in [0.5, 0.6) is 0 Å². The topological polar surface area (TPSA) is 95.5 Å². The van der Waals surface area contributed by atoms with Crippen molar-refractivity contribution >= 4 is 29.4 Å². The average Bonchev–Trinajstić information content (AvgIpc) is 2.68. The van der Waals surface area contributed by atoms with E-state index in [0.717, 1.165) is 11.1 Å². The lowest BCUT2D eigenvalue weighted by Gasteiger charge is -2.16. The lowest BCUT2D eigenvalue weighted by Crippen LogP contribution is -2.42. The van der Waals surface area contributed by atoms with Crippen molar-refractivity contribution in [1.82, 2.24) is 10.6 Å². The molecule has 3 N–H and O–H groups in total. The number of amides is 2. The number of rotatable bonds is 9. The Bertz CT molecular complexity index is 809. The molecule has 0 saturated heterocycles. The van der Waals surface area contributed by atoms with Crippen LogP contribution >= 0.6 is 11.6 Å². The van der Waals surface area contributed by atoms with Gasteiger partial charge in [-0.3, -0.25) is 9.59 Å². The number of carbonyl (C=O) groups excluding carboxylic acids is 2. The van der Waals surface area contributed by atoms with Gasteiger partial charge < -0.3 is 15.7 Å². The van der Waals surface area contributed by atoms with Crippen molar-refractivity contribution < 1.29 is 19.5 Å². The summed E-state index contributed by atoms with van der Waals surface area (Å²) in [7, 11) is 0. The Morgan fingerprint density at radius 1 is 0.929 bits per heavy atom. The number of halogens is 1. The van der Waals surface area contributed by atoms with Crippen LogP contribution in [0.2, 0.25) is 5.02 Å². The lowest BCUT2D eigenvalue weighted by molar-refractivity contribution is -0.141. The van der Waals surface area contributed by atoms with Crippen molar-refractivity contribution in [2.45, 2.75) is 38.3 Å². The van der Waals surface area contributed by atoms with Crippen LogP contribution in [0.4, 0.5) is 0 Å². The van der Waals surface area contributed by atoms with Crippen LogP contribution in [0.15, 0.2) is 54.6 Å². The van der Waals surface area contributed by atoms with Crippen LogP contribution in [0, 0.1) is 0 Å². The fraction of sp³-hybridized carbons (Fsp3) is 0.286. The third-order valence-corrected chi connectivity index (χ3v) is 4.49. The summed E-state index contributed by atoms with van der Waals surface area (Å²) in [5.41, 5.74) is 1.71. The molecule has 0 saturated carbocycles. The van der Waals surface area contributed by atoms with E-state index in [4.69, 9.17) is 11.6 Å². The van der Waals surface area contributed by atoms with Gasteiger partial charge in [0.2, 0.25) is 11.8 Å². The third kappa shape index (κ3) is 7.04. The maximum absolute atomic E-state index is 12.1. The summed E-state index contributed by atoms with van der Waals surface area (Å²) in [6.45, 7) is 1.86. The lowest BCUT2D eigenvalue weighted by atomic mass is 10.1. The van der Waals surface area contributed by atoms with Gasteiger partial charge in [-0.05, 0) is 30.2 Å². The molecule has 0 heterocycles. The molecular formula is C21H23ClN2O4. The molecule has 2 atom stereocenters. The first-order valence-corrected chi connectivity index (χ1v) is 9.34. The van der Waals surface area contributed by atoms with Gasteiger partial charge in [-0.2, -0.15) is 0 Å². The van der Waals surface area contributed by atoms with Crippen molar-refractivity contribution in [2.75, 3.05) is 0 Å². The maximum Gasteiger partial charge on any atom is 0.326 e. The third-order valence-electron chi connectivity index (χ3n) is 4.24. The summed E-state index contributed by atoms with van der Waals surface area (Å²) in [4.78, 5) is 35.6. The molecule has 0 unspecified atom stereocenters. The van der Waals surface area contributed by atoms with Gasteiger partial charge in [-0.15, -0.1) is 0 Å². The minimum Gasteiger partial charge on any atom is -0.480 e. The van der Waals surface area contributed by atoms with E-state index < -0.39 is 17.9 Å². The Morgan fingerprint density at radius 2 is 1.50 bits per heavy atom. The molecule has 2 aromatic rings. The number of carboxylic acids is 1. The van der Waals surface area contributed by atoms with Crippen LogP contribution in [-0.4, -0.2) is 28.9 Å². The van der Waals surface area contributed by atoms with Gasteiger partial charge in [0.15, 0.2) is 0 Å². The fourth-order valence-corrected chi connectivity index (χ4v) is 2.81. The number of nitrogens with one attached hydrogen (secondary N) is 2. The molecule has 2 amide bonds. The van der Waals surface area contributed by atoms with Gasteiger partial charge in [0.05, 0.1) is 6.04 Å². The zero-order valence-electron chi connectivity index (χ0n) is 15.5. The number of benzene rings is 2. The molecule has 0 aliphatic heterocycles. The molecule has 0 spiro atoms. The van der Waals surface area contributed by atoms with Crippen molar-refractivity contribution in [3.8, 4) is 0 Å². The first-order valence-electron chi connectivity index (χ1n) is 8.96. The van der Waals surface area contributed by atoms with Crippen molar-refractivity contribution in [3.05, 3.63) is 70.7 Å². The maximum atomic E-state index is 12.1. The predicted molar refractivity (Wildman–Crippen MR) is 107 cm³/mol. The minimum absolute atomic E-state index is 0.0176. The summed E-state index contributed by atoms with van der Waals surface area (Å²) < 4.78 is 0. The van der Waals surface area contributed by atoms with Crippen LogP contribution in [0.25, 0.3) is 0 Å². The fourth-order valence-electron chi connectivity index (χ4n) is 2.69. The molecule has 0 bridgehead atoms. The second-order valence-electron chi connectivity index (χ2n) is 6.49. The van der Waals surface area contributed by atoms with Gasteiger partial charge >= 0.3 is 5.97 Å². The van der Waals surface area contributed by atoms with Crippen molar-refractivity contribution in [3.63, 3.8) is 0 Å². The summed E-state index contributed by atoms with van der Waals surface area (Å²) >= 11 is 5.82. The Morgan fingerprint density at radius 3 is 2.07 bits per heavy atom. The second-order valence-corrected chi connectivity index (χ2v) is 6.93. The molecule has 0 aliphatic rings. The number of aliphatic carboxylic acids is 1. The normalized spacial score (nSPS) is 12.6.